The fourth-order valence-electron chi connectivity index (χ4n) is 3.09. The Hall–Kier alpha value is 0.440. The summed E-state index contributed by atoms with van der Waals surface area (Å²) in [4.78, 5) is 0. The molecule has 2 fully saturated rings. The topological polar surface area (TPSA) is 9.23 Å². The summed E-state index contributed by atoms with van der Waals surface area (Å²) in [5, 5.41) is 1.13. The van der Waals surface area contributed by atoms with Gasteiger partial charge in [0.2, 0.25) is 0 Å². The Morgan fingerprint density at radius 1 is 1.38 bits per heavy atom. The molecule has 2 heteroatoms. The molecule has 0 aromatic rings. The van der Waals surface area contributed by atoms with E-state index in [2.05, 4.69) is 29.8 Å². The van der Waals surface area contributed by atoms with Crippen LogP contribution in [0.5, 0.6) is 0 Å². The molecule has 1 aliphatic carbocycles. The van der Waals surface area contributed by atoms with Gasteiger partial charge in [-0.15, -0.1) is 0 Å². The van der Waals surface area contributed by atoms with Crippen LogP contribution in [0.15, 0.2) is 0 Å². The van der Waals surface area contributed by atoms with Crippen LogP contribution in [0.1, 0.15) is 33.1 Å². The standard InChI is InChI=1S/C11H19BrO/c1-10(7-12)5-6-13-8-11(2)4-3-9(10)11/h9H,3-8H2,1-2H3. The van der Waals surface area contributed by atoms with Crippen LogP contribution >= 0.6 is 15.9 Å². The molecule has 2 rings (SSSR count). The normalized spacial score (nSPS) is 50.5. The van der Waals surface area contributed by atoms with Gasteiger partial charge in [0.05, 0.1) is 6.61 Å². The van der Waals surface area contributed by atoms with Crippen LogP contribution in [0.3, 0.4) is 0 Å². The van der Waals surface area contributed by atoms with Crippen molar-refractivity contribution < 1.29 is 4.74 Å². The average Bonchev–Trinajstić information content (AvgIpc) is 2.16. The Balaban J connectivity index is 2.20. The number of hydrogen-bond donors (Lipinski definition) is 0. The molecule has 0 N–H and O–H groups in total. The van der Waals surface area contributed by atoms with Crippen molar-refractivity contribution in [3.8, 4) is 0 Å². The molecule has 0 aromatic carbocycles. The number of fused-ring (bicyclic) bond motifs is 1. The third-order valence-electron chi connectivity index (χ3n) is 4.24. The molecular formula is C11H19BrO. The second-order valence-corrected chi connectivity index (χ2v) is 5.90. The summed E-state index contributed by atoms with van der Waals surface area (Å²) in [6.45, 7) is 6.75. The van der Waals surface area contributed by atoms with Crippen LogP contribution < -0.4 is 0 Å². The van der Waals surface area contributed by atoms with Gasteiger partial charge in [0.15, 0.2) is 0 Å². The highest BCUT2D eigenvalue weighted by atomic mass is 79.9. The molecule has 3 atom stereocenters. The first kappa shape index (κ1) is 9.97. The minimum atomic E-state index is 0.476. The summed E-state index contributed by atoms with van der Waals surface area (Å²) in [5.41, 5.74) is 0.961. The Bertz CT molecular complexity index is 206. The van der Waals surface area contributed by atoms with Gasteiger partial charge in [-0.2, -0.15) is 0 Å². The van der Waals surface area contributed by atoms with Crippen molar-refractivity contribution in [2.45, 2.75) is 33.1 Å². The van der Waals surface area contributed by atoms with Gasteiger partial charge in [-0.25, -0.2) is 0 Å². The van der Waals surface area contributed by atoms with E-state index in [-0.39, 0.29) is 0 Å². The van der Waals surface area contributed by atoms with Gasteiger partial charge in [-0.1, -0.05) is 29.8 Å². The monoisotopic (exact) mass is 246 g/mol. The van der Waals surface area contributed by atoms with Gasteiger partial charge in [0.1, 0.15) is 0 Å². The third kappa shape index (κ3) is 1.46. The number of rotatable bonds is 1. The minimum absolute atomic E-state index is 0.476. The van der Waals surface area contributed by atoms with E-state index in [1.807, 2.05) is 0 Å². The Morgan fingerprint density at radius 2 is 2.15 bits per heavy atom. The lowest BCUT2D eigenvalue weighted by Gasteiger charge is -2.53. The van der Waals surface area contributed by atoms with E-state index >= 15 is 0 Å². The number of hydrogen-bond acceptors (Lipinski definition) is 1. The Morgan fingerprint density at radius 3 is 2.69 bits per heavy atom. The molecule has 3 unspecified atom stereocenters. The highest BCUT2D eigenvalue weighted by Gasteiger charge is 2.52. The fraction of sp³-hybridized carbons (Fsp3) is 1.00. The van der Waals surface area contributed by atoms with Gasteiger partial charge in [0, 0.05) is 11.9 Å². The van der Waals surface area contributed by atoms with E-state index in [0.717, 1.165) is 24.5 Å². The predicted molar refractivity (Wildman–Crippen MR) is 58.2 cm³/mol. The fourth-order valence-corrected chi connectivity index (χ4v) is 3.76. The van der Waals surface area contributed by atoms with Crippen molar-refractivity contribution in [2.75, 3.05) is 18.5 Å². The number of ether oxygens (including phenoxy) is 1. The van der Waals surface area contributed by atoms with Gasteiger partial charge in [-0.05, 0) is 36.0 Å². The van der Waals surface area contributed by atoms with Crippen LogP contribution in [-0.4, -0.2) is 18.5 Å². The molecule has 2 aliphatic rings. The molecular weight excluding hydrogens is 228 g/mol. The van der Waals surface area contributed by atoms with Gasteiger partial charge in [-0.3, -0.25) is 0 Å². The lowest BCUT2D eigenvalue weighted by Crippen LogP contribution is -2.48. The SMILES string of the molecule is CC1(CBr)CCOCC2(C)CCC12. The molecule has 1 nitrogen and oxygen atoms in total. The van der Waals surface area contributed by atoms with E-state index in [1.54, 1.807) is 0 Å². The van der Waals surface area contributed by atoms with Crippen molar-refractivity contribution in [2.24, 2.45) is 16.7 Å². The molecule has 1 aliphatic heterocycles. The highest BCUT2D eigenvalue weighted by Crippen LogP contribution is 2.58. The maximum Gasteiger partial charge on any atom is 0.0522 e. The van der Waals surface area contributed by atoms with Crippen LogP contribution in [0.4, 0.5) is 0 Å². The molecule has 1 saturated carbocycles. The van der Waals surface area contributed by atoms with Crippen molar-refractivity contribution >= 4 is 15.9 Å². The molecule has 13 heavy (non-hydrogen) atoms. The first-order valence-electron chi connectivity index (χ1n) is 5.24. The first-order chi connectivity index (χ1) is 6.11. The predicted octanol–water partition coefficient (Wildman–Crippen LogP) is 3.22. The molecule has 1 saturated heterocycles. The van der Waals surface area contributed by atoms with Crippen molar-refractivity contribution in [1.29, 1.82) is 0 Å². The van der Waals surface area contributed by atoms with Crippen molar-refractivity contribution in [3.63, 3.8) is 0 Å². The lowest BCUT2D eigenvalue weighted by molar-refractivity contribution is -0.0556. The molecule has 0 aromatic heterocycles. The molecule has 0 radical (unpaired) electrons. The van der Waals surface area contributed by atoms with Gasteiger partial charge >= 0.3 is 0 Å². The zero-order chi connectivity index (χ0) is 9.53. The molecule has 0 amide bonds. The summed E-state index contributed by atoms with van der Waals surface area (Å²) < 4.78 is 5.71. The van der Waals surface area contributed by atoms with Crippen molar-refractivity contribution in [1.82, 2.24) is 0 Å². The van der Waals surface area contributed by atoms with Crippen LogP contribution in [0, 0.1) is 16.7 Å². The average molecular weight is 247 g/mol. The van der Waals surface area contributed by atoms with Gasteiger partial charge in [0.25, 0.3) is 0 Å². The molecule has 0 spiro atoms. The van der Waals surface area contributed by atoms with E-state index in [9.17, 15) is 0 Å². The maximum absolute atomic E-state index is 5.71. The van der Waals surface area contributed by atoms with Gasteiger partial charge < -0.3 is 4.74 Å². The first-order valence-corrected chi connectivity index (χ1v) is 6.37. The summed E-state index contributed by atoms with van der Waals surface area (Å²) in [7, 11) is 0. The second kappa shape index (κ2) is 3.23. The number of halogens is 1. The Kier molecular flexibility index (Phi) is 2.48. The van der Waals surface area contributed by atoms with E-state index < -0.39 is 0 Å². The van der Waals surface area contributed by atoms with E-state index in [4.69, 9.17) is 4.74 Å². The van der Waals surface area contributed by atoms with Crippen molar-refractivity contribution in [3.05, 3.63) is 0 Å². The molecule has 0 bridgehead atoms. The summed E-state index contributed by atoms with van der Waals surface area (Å²) in [6, 6.07) is 0. The maximum atomic E-state index is 5.71. The summed E-state index contributed by atoms with van der Waals surface area (Å²) in [5.74, 6) is 0.877. The highest BCUT2D eigenvalue weighted by molar-refractivity contribution is 9.09. The van der Waals surface area contributed by atoms with E-state index in [0.29, 0.717) is 10.8 Å². The lowest BCUT2D eigenvalue weighted by atomic mass is 9.52. The van der Waals surface area contributed by atoms with E-state index in [1.165, 1.54) is 19.3 Å². The van der Waals surface area contributed by atoms with Crippen LogP contribution in [0.25, 0.3) is 0 Å². The van der Waals surface area contributed by atoms with Crippen LogP contribution in [-0.2, 0) is 4.74 Å². The Labute approximate surface area is 89.4 Å². The second-order valence-electron chi connectivity index (χ2n) is 5.34. The zero-order valence-corrected chi connectivity index (χ0v) is 10.2. The quantitative estimate of drug-likeness (QED) is 0.646. The minimum Gasteiger partial charge on any atom is -0.381 e. The molecule has 76 valence electrons. The summed E-state index contributed by atoms with van der Waals surface area (Å²) in [6.07, 6.45) is 3.99. The van der Waals surface area contributed by atoms with Crippen LogP contribution in [0.2, 0.25) is 0 Å². The smallest absolute Gasteiger partial charge is 0.0522 e. The third-order valence-corrected chi connectivity index (χ3v) is 5.52. The number of alkyl halides is 1. The molecule has 1 heterocycles. The summed E-state index contributed by atoms with van der Waals surface area (Å²) >= 11 is 3.67. The zero-order valence-electron chi connectivity index (χ0n) is 8.61. The largest absolute Gasteiger partial charge is 0.381 e.